The van der Waals surface area contributed by atoms with Crippen LogP contribution in [-0.4, -0.2) is 30.7 Å². The first-order chi connectivity index (χ1) is 13.5. The van der Waals surface area contributed by atoms with Crippen molar-refractivity contribution in [1.82, 2.24) is 19.6 Å². The van der Waals surface area contributed by atoms with Crippen molar-refractivity contribution in [3.63, 3.8) is 0 Å². The number of rotatable bonds is 5. The smallest absolute Gasteiger partial charge is 0.336 e. The summed E-state index contributed by atoms with van der Waals surface area (Å²) in [5.41, 5.74) is 8.61. The van der Waals surface area contributed by atoms with E-state index in [0.29, 0.717) is 45.9 Å². The zero-order chi connectivity index (χ0) is 19.8. The second kappa shape index (κ2) is 7.08. The minimum absolute atomic E-state index is 0.153. The Morgan fingerprint density at radius 2 is 2.11 bits per heavy atom. The van der Waals surface area contributed by atoms with Crippen molar-refractivity contribution in [3.8, 4) is 11.6 Å². The minimum atomic E-state index is -1.05. The lowest BCUT2D eigenvalue weighted by Crippen LogP contribution is -2.14. The van der Waals surface area contributed by atoms with E-state index in [2.05, 4.69) is 31.0 Å². The summed E-state index contributed by atoms with van der Waals surface area (Å²) in [5.74, 6) is -0.0232. The average molecular weight is 442 g/mol. The number of hydrogen-bond donors (Lipinski definition) is 2. The fourth-order valence-electron chi connectivity index (χ4n) is 3.16. The molecule has 8 nitrogen and oxygen atoms in total. The van der Waals surface area contributed by atoms with Gasteiger partial charge in [-0.3, -0.25) is 4.98 Å². The molecule has 0 unspecified atom stereocenters. The molecule has 4 heterocycles. The fraction of sp³-hybridized carbons (Fsp3) is 0.158. The zero-order valence-electron chi connectivity index (χ0n) is 14.9. The number of carboxylic acids is 1. The number of pyridine rings is 2. The number of aromatic nitrogens is 4. The molecule has 3 N–H and O–H groups in total. The van der Waals surface area contributed by atoms with Crippen molar-refractivity contribution < 1.29 is 14.3 Å². The van der Waals surface area contributed by atoms with E-state index in [4.69, 9.17) is 10.2 Å². The van der Waals surface area contributed by atoms with Gasteiger partial charge in [-0.2, -0.15) is 4.52 Å². The molecule has 0 saturated carbocycles. The molecule has 0 aliphatic heterocycles. The second-order valence-electron chi connectivity index (χ2n) is 6.26. The summed E-state index contributed by atoms with van der Waals surface area (Å²) in [6.07, 6.45) is 2.71. The number of hydrogen-bond acceptors (Lipinski definition) is 6. The quantitative estimate of drug-likeness (QED) is 0.485. The number of furan rings is 1. The molecule has 0 spiro atoms. The predicted octanol–water partition coefficient (Wildman–Crippen LogP) is 3.52. The SMILES string of the molecule is Cc1c(C(=O)O)c(CCc2ccccn2)c2nc(-c3ccc(Br)o3)nn2c1N. The van der Waals surface area contributed by atoms with Crippen LogP contribution in [0, 0.1) is 6.92 Å². The van der Waals surface area contributed by atoms with Gasteiger partial charge in [-0.1, -0.05) is 6.07 Å². The Balaban J connectivity index is 1.88. The van der Waals surface area contributed by atoms with E-state index in [1.165, 1.54) is 4.52 Å². The van der Waals surface area contributed by atoms with Gasteiger partial charge in [0.1, 0.15) is 5.82 Å². The Labute approximate surface area is 168 Å². The number of nitrogen functional groups attached to an aromatic ring is 1. The molecule has 4 rings (SSSR count). The van der Waals surface area contributed by atoms with Gasteiger partial charge < -0.3 is 15.3 Å². The van der Waals surface area contributed by atoms with E-state index in [9.17, 15) is 9.90 Å². The summed E-state index contributed by atoms with van der Waals surface area (Å²) < 4.78 is 7.55. The number of halogens is 1. The van der Waals surface area contributed by atoms with Gasteiger partial charge >= 0.3 is 5.97 Å². The second-order valence-corrected chi connectivity index (χ2v) is 7.05. The molecule has 0 bridgehead atoms. The molecule has 0 aliphatic rings. The van der Waals surface area contributed by atoms with Gasteiger partial charge in [0.25, 0.3) is 0 Å². The molecule has 28 heavy (non-hydrogen) atoms. The molecule has 4 aromatic heterocycles. The molecule has 0 atom stereocenters. The topological polar surface area (TPSA) is 120 Å². The van der Waals surface area contributed by atoms with Gasteiger partial charge in [-0.15, -0.1) is 5.10 Å². The summed E-state index contributed by atoms with van der Waals surface area (Å²) >= 11 is 3.26. The number of aryl methyl sites for hydroxylation is 2. The third-order valence-corrected chi connectivity index (χ3v) is 4.96. The van der Waals surface area contributed by atoms with Crippen molar-refractivity contribution in [1.29, 1.82) is 0 Å². The van der Waals surface area contributed by atoms with E-state index in [1.54, 1.807) is 25.3 Å². The minimum Gasteiger partial charge on any atom is -0.478 e. The Bertz CT molecular complexity index is 1180. The van der Waals surface area contributed by atoms with Crippen LogP contribution in [0.2, 0.25) is 0 Å². The highest BCUT2D eigenvalue weighted by molar-refractivity contribution is 9.10. The van der Waals surface area contributed by atoms with Crippen molar-refractivity contribution >= 4 is 33.4 Å². The van der Waals surface area contributed by atoms with Gasteiger partial charge in [-0.25, -0.2) is 9.78 Å². The Morgan fingerprint density at radius 3 is 2.75 bits per heavy atom. The van der Waals surface area contributed by atoms with Crippen LogP contribution >= 0.6 is 15.9 Å². The molecule has 0 fully saturated rings. The van der Waals surface area contributed by atoms with Crippen molar-refractivity contribution in [2.45, 2.75) is 19.8 Å². The van der Waals surface area contributed by atoms with Crippen LogP contribution in [0.5, 0.6) is 0 Å². The normalized spacial score (nSPS) is 11.2. The first kappa shape index (κ1) is 18.2. The maximum absolute atomic E-state index is 12.0. The molecule has 0 aromatic carbocycles. The lowest BCUT2D eigenvalue weighted by atomic mass is 9.99. The summed E-state index contributed by atoms with van der Waals surface area (Å²) in [5, 5.41) is 14.2. The van der Waals surface area contributed by atoms with Crippen LogP contribution in [0.25, 0.3) is 17.2 Å². The molecule has 142 valence electrons. The summed E-state index contributed by atoms with van der Waals surface area (Å²) in [7, 11) is 0. The number of anilines is 1. The third kappa shape index (κ3) is 3.13. The van der Waals surface area contributed by atoms with Gasteiger partial charge in [0.2, 0.25) is 5.82 Å². The maximum Gasteiger partial charge on any atom is 0.336 e. The van der Waals surface area contributed by atoms with Gasteiger partial charge in [0, 0.05) is 23.0 Å². The van der Waals surface area contributed by atoms with Crippen LogP contribution in [0.4, 0.5) is 5.82 Å². The number of nitrogens with two attached hydrogens (primary N) is 1. The fourth-order valence-corrected chi connectivity index (χ4v) is 3.47. The Morgan fingerprint density at radius 1 is 1.29 bits per heavy atom. The van der Waals surface area contributed by atoms with Gasteiger partial charge in [0.15, 0.2) is 16.1 Å². The van der Waals surface area contributed by atoms with Gasteiger partial charge in [-0.05, 0) is 60.0 Å². The van der Waals surface area contributed by atoms with Crippen LogP contribution < -0.4 is 5.73 Å². The largest absolute Gasteiger partial charge is 0.478 e. The first-order valence-electron chi connectivity index (χ1n) is 8.52. The number of carboxylic acid groups (broad SMARTS) is 1. The van der Waals surface area contributed by atoms with Crippen molar-refractivity contribution in [2.24, 2.45) is 0 Å². The number of aromatic carboxylic acids is 1. The standard InChI is InChI=1S/C19H16BrN5O3/c1-10-15(19(26)27)12(6-5-11-4-2-3-9-22-11)18-23-17(24-25(18)16(10)21)13-7-8-14(20)28-13/h2-4,7-9H,5-6,21H2,1H3,(H,26,27). The summed E-state index contributed by atoms with van der Waals surface area (Å²) in [6.45, 7) is 1.67. The lowest BCUT2D eigenvalue weighted by Gasteiger charge is -2.13. The molecule has 4 aromatic rings. The molecule has 0 aliphatic carbocycles. The lowest BCUT2D eigenvalue weighted by molar-refractivity contribution is 0.0695. The number of fused-ring (bicyclic) bond motifs is 1. The molecular formula is C19H16BrN5O3. The Hall–Kier alpha value is -3.20. The number of nitrogens with zero attached hydrogens (tertiary/aromatic N) is 4. The molecule has 0 saturated heterocycles. The van der Waals surface area contributed by atoms with Crippen LogP contribution in [0.15, 0.2) is 45.6 Å². The van der Waals surface area contributed by atoms with E-state index < -0.39 is 5.97 Å². The Kier molecular flexibility index (Phi) is 4.60. The van der Waals surface area contributed by atoms with Crippen molar-refractivity contribution in [3.05, 3.63) is 63.6 Å². The highest BCUT2D eigenvalue weighted by atomic mass is 79.9. The van der Waals surface area contributed by atoms with Crippen LogP contribution in [-0.2, 0) is 12.8 Å². The van der Waals surface area contributed by atoms with E-state index in [0.717, 1.165) is 5.69 Å². The third-order valence-electron chi connectivity index (χ3n) is 4.53. The van der Waals surface area contributed by atoms with E-state index >= 15 is 0 Å². The van der Waals surface area contributed by atoms with Crippen molar-refractivity contribution in [2.75, 3.05) is 5.73 Å². The highest BCUT2D eigenvalue weighted by Gasteiger charge is 2.24. The summed E-state index contributed by atoms with van der Waals surface area (Å²) in [4.78, 5) is 20.8. The maximum atomic E-state index is 12.0. The monoisotopic (exact) mass is 441 g/mol. The molecular weight excluding hydrogens is 426 g/mol. The molecule has 0 amide bonds. The van der Waals surface area contributed by atoms with Crippen LogP contribution in [0.3, 0.4) is 0 Å². The summed E-state index contributed by atoms with van der Waals surface area (Å²) in [6, 6.07) is 9.10. The van der Waals surface area contributed by atoms with E-state index in [1.807, 2.05) is 18.2 Å². The predicted molar refractivity (Wildman–Crippen MR) is 106 cm³/mol. The number of carbonyl (C=O) groups is 1. The van der Waals surface area contributed by atoms with Gasteiger partial charge in [0.05, 0.1) is 5.56 Å². The zero-order valence-corrected chi connectivity index (χ0v) is 16.5. The molecule has 0 radical (unpaired) electrons. The highest BCUT2D eigenvalue weighted by Crippen LogP contribution is 2.29. The van der Waals surface area contributed by atoms with Crippen LogP contribution in [0.1, 0.15) is 27.2 Å². The van der Waals surface area contributed by atoms with E-state index in [-0.39, 0.29) is 11.4 Å². The first-order valence-corrected chi connectivity index (χ1v) is 9.31. The average Bonchev–Trinajstić information content (AvgIpc) is 3.30. The molecule has 9 heteroatoms.